The number of benzene rings is 3. The minimum atomic E-state index is -1.18. The van der Waals surface area contributed by atoms with Crippen LogP contribution in [0.25, 0.3) is 11.1 Å². The second-order valence-corrected chi connectivity index (χ2v) is 10.7. The van der Waals surface area contributed by atoms with Crippen LogP contribution in [0, 0.1) is 12.8 Å². The molecular formula is C35H35NO6. The molecule has 0 radical (unpaired) electrons. The molecule has 0 aliphatic carbocycles. The normalized spacial score (nSPS) is 15.4. The van der Waals surface area contributed by atoms with Crippen LogP contribution in [-0.2, 0) is 28.8 Å². The molecule has 1 aliphatic rings. The number of furan rings is 1. The number of aliphatic hydroxyl groups excluding tert-OH is 1. The van der Waals surface area contributed by atoms with E-state index in [-0.39, 0.29) is 25.4 Å². The first-order valence-corrected chi connectivity index (χ1v) is 14.4. The molecule has 0 spiro atoms. The summed E-state index contributed by atoms with van der Waals surface area (Å²) in [6.07, 6.45) is 1.62. The number of aliphatic hydroxyl groups is 1. The number of carbonyl (C=O) groups excluding carboxylic acids is 3. The summed E-state index contributed by atoms with van der Waals surface area (Å²) >= 11 is 0. The van der Waals surface area contributed by atoms with E-state index in [1.807, 2.05) is 91.9 Å². The highest BCUT2D eigenvalue weighted by atomic mass is 16.6. The lowest BCUT2D eigenvalue weighted by Crippen LogP contribution is -2.46. The number of hydrogen-bond donors (Lipinski definition) is 1. The Morgan fingerprint density at radius 1 is 0.929 bits per heavy atom. The van der Waals surface area contributed by atoms with Crippen LogP contribution in [0.2, 0.25) is 0 Å². The maximum Gasteiger partial charge on any atom is 0.417 e. The number of aryl methyl sites for hydroxylation is 2. The van der Waals surface area contributed by atoms with Crippen molar-refractivity contribution in [1.29, 1.82) is 0 Å². The minimum Gasteiger partial charge on any atom is -0.457 e. The molecule has 7 heteroatoms. The van der Waals surface area contributed by atoms with E-state index in [0.717, 1.165) is 32.7 Å². The van der Waals surface area contributed by atoms with Crippen LogP contribution in [0.5, 0.6) is 0 Å². The number of Topliss-reactive ketones (excluding diaryl/α,β-unsaturated/α-hetero) is 1. The fraction of sp³-hybridized carbons (Fsp3) is 0.286. The van der Waals surface area contributed by atoms with Crippen molar-refractivity contribution < 1.29 is 28.6 Å². The molecule has 1 N–H and O–H groups in total. The zero-order chi connectivity index (χ0) is 29.5. The summed E-state index contributed by atoms with van der Waals surface area (Å²) < 4.78 is 11.5. The van der Waals surface area contributed by atoms with Gasteiger partial charge in [-0.25, -0.2) is 9.69 Å². The standard InChI is InChI=1S/C35H35NO6/c1-24-11-10-16-27(19-24)29-22-32(42-31(29)17-8-9-18-37)33(38)30(21-26-14-6-3-7-15-26)34(39)36-28(23-41-35(36)40)20-25-12-4-2-5-13-25/h2-7,10-16,19,22,28,30,37H,8-9,17-18,20-21,23H2,1H3/t28-,30+/m0/s1. The summed E-state index contributed by atoms with van der Waals surface area (Å²) in [7, 11) is 0. The molecule has 0 saturated carbocycles. The van der Waals surface area contributed by atoms with Gasteiger partial charge in [0, 0.05) is 18.6 Å². The van der Waals surface area contributed by atoms with E-state index < -0.39 is 29.7 Å². The Morgan fingerprint density at radius 3 is 2.33 bits per heavy atom. The van der Waals surface area contributed by atoms with Crippen molar-refractivity contribution in [2.45, 2.75) is 45.1 Å². The molecule has 0 unspecified atom stereocenters. The average Bonchev–Trinajstić information content (AvgIpc) is 3.60. The van der Waals surface area contributed by atoms with Gasteiger partial charge >= 0.3 is 6.09 Å². The molecule has 1 fully saturated rings. The minimum absolute atomic E-state index is 0.0655. The van der Waals surface area contributed by atoms with Crippen molar-refractivity contribution in [2.75, 3.05) is 13.2 Å². The van der Waals surface area contributed by atoms with E-state index in [1.165, 1.54) is 0 Å². The summed E-state index contributed by atoms with van der Waals surface area (Å²) in [5, 5.41) is 9.31. The van der Waals surface area contributed by atoms with Crippen LogP contribution in [-0.4, -0.2) is 47.0 Å². The average molecular weight is 566 g/mol. The Balaban J connectivity index is 1.49. The van der Waals surface area contributed by atoms with E-state index >= 15 is 0 Å². The number of imide groups is 1. The lowest BCUT2D eigenvalue weighted by atomic mass is 9.91. The van der Waals surface area contributed by atoms with Crippen molar-refractivity contribution in [1.82, 2.24) is 4.90 Å². The maximum atomic E-state index is 14.2. The predicted octanol–water partition coefficient (Wildman–Crippen LogP) is 6.20. The first kappa shape index (κ1) is 29.0. The third-order valence-corrected chi connectivity index (χ3v) is 7.60. The van der Waals surface area contributed by atoms with Gasteiger partial charge in [0.1, 0.15) is 18.3 Å². The highest BCUT2D eigenvalue weighted by molar-refractivity contribution is 6.12. The van der Waals surface area contributed by atoms with Crippen LogP contribution in [0.4, 0.5) is 4.79 Å². The van der Waals surface area contributed by atoms with Gasteiger partial charge in [-0.05, 0) is 55.4 Å². The Kier molecular flexibility index (Phi) is 9.29. The largest absolute Gasteiger partial charge is 0.457 e. The smallest absolute Gasteiger partial charge is 0.417 e. The monoisotopic (exact) mass is 565 g/mol. The van der Waals surface area contributed by atoms with Crippen molar-refractivity contribution >= 4 is 17.8 Å². The Labute approximate surface area is 245 Å². The maximum absolute atomic E-state index is 14.2. The van der Waals surface area contributed by atoms with Gasteiger partial charge in [0.25, 0.3) is 0 Å². The summed E-state index contributed by atoms with van der Waals surface area (Å²) in [5.74, 6) is -1.55. The Morgan fingerprint density at radius 2 is 1.64 bits per heavy atom. The van der Waals surface area contributed by atoms with Crippen LogP contribution < -0.4 is 0 Å². The Bertz CT molecular complexity index is 1530. The third kappa shape index (κ3) is 6.69. The van der Waals surface area contributed by atoms with Gasteiger partial charge in [0.05, 0.1) is 6.04 Å². The fourth-order valence-corrected chi connectivity index (χ4v) is 5.44. The quantitative estimate of drug-likeness (QED) is 0.125. The van der Waals surface area contributed by atoms with Gasteiger partial charge in [-0.1, -0.05) is 90.5 Å². The highest BCUT2D eigenvalue weighted by Crippen LogP contribution is 2.32. The summed E-state index contributed by atoms with van der Waals surface area (Å²) in [4.78, 5) is 42.3. The number of ketones is 1. The number of nitrogens with zero attached hydrogens (tertiary/aromatic N) is 1. The summed E-state index contributed by atoms with van der Waals surface area (Å²) in [6.45, 7) is 2.13. The molecule has 1 aliphatic heterocycles. The first-order valence-electron chi connectivity index (χ1n) is 14.4. The van der Waals surface area contributed by atoms with Gasteiger partial charge in [0.2, 0.25) is 11.7 Å². The van der Waals surface area contributed by atoms with Crippen LogP contribution in [0.15, 0.2) is 95.4 Å². The van der Waals surface area contributed by atoms with Crippen LogP contribution in [0.1, 0.15) is 45.8 Å². The summed E-state index contributed by atoms with van der Waals surface area (Å²) in [5.41, 5.74) is 4.52. The van der Waals surface area contributed by atoms with Gasteiger partial charge < -0.3 is 14.3 Å². The number of hydrogen-bond acceptors (Lipinski definition) is 6. The molecule has 0 bridgehead atoms. The van der Waals surface area contributed by atoms with E-state index in [9.17, 15) is 19.5 Å². The topological polar surface area (TPSA) is 97.1 Å². The van der Waals surface area contributed by atoms with E-state index in [0.29, 0.717) is 31.4 Å². The molecule has 2 heterocycles. The van der Waals surface area contributed by atoms with Gasteiger partial charge in [-0.3, -0.25) is 9.59 Å². The summed E-state index contributed by atoms with van der Waals surface area (Å²) in [6, 6.07) is 28.0. The Hall–Kier alpha value is -4.49. The second-order valence-electron chi connectivity index (χ2n) is 10.7. The van der Waals surface area contributed by atoms with Crippen molar-refractivity contribution in [3.05, 3.63) is 119 Å². The molecule has 7 nitrogen and oxygen atoms in total. The van der Waals surface area contributed by atoms with E-state index in [1.54, 1.807) is 6.07 Å². The number of rotatable bonds is 12. The van der Waals surface area contributed by atoms with Crippen molar-refractivity contribution in [3.63, 3.8) is 0 Å². The molecule has 5 rings (SSSR count). The van der Waals surface area contributed by atoms with Gasteiger partial charge in [-0.15, -0.1) is 0 Å². The molecule has 1 saturated heterocycles. The SMILES string of the molecule is Cc1cccc(-c2cc(C(=O)[C@@H](Cc3ccccc3)C(=O)N3C(=O)OC[C@@H]3Cc3ccccc3)oc2CCCCO)c1. The molecule has 2 amide bonds. The molecule has 1 aromatic heterocycles. The molecule has 3 aromatic carbocycles. The molecule has 2 atom stereocenters. The van der Waals surface area contributed by atoms with E-state index in [2.05, 4.69) is 0 Å². The number of unbranched alkanes of at least 4 members (excludes halogenated alkanes) is 1. The lowest BCUT2D eigenvalue weighted by molar-refractivity contribution is -0.131. The third-order valence-electron chi connectivity index (χ3n) is 7.60. The van der Waals surface area contributed by atoms with Crippen LogP contribution >= 0.6 is 0 Å². The van der Waals surface area contributed by atoms with E-state index in [4.69, 9.17) is 9.15 Å². The lowest BCUT2D eigenvalue weighted by Gasteiger charge is -2.24. The number of carbonyl (C=O) groups is 3. The molecule has 42 heavy (non-hydrogen) atoms. The number of amides is 2. The first-order chi connectivity index (χ1) is 20.4. The molecule has 4 aromatic rings. The van der Waals surface area contributed by atoms with Crippen molar-refractivity contribution in [2.24, 2.45) is 5.92 Å². The fourth-order valence-electron chi connectivity index (χ4n) is 5.44. The van der Waals surface area contributed by atoms with Gasteiger partial charge in [-0.2, -0.15) is 0 Å². The van der Waals surface area contributed by atoms with Crippen LogP contribution in [0.3, 0.4) is 0 Å². The second kappa shape index (κ2) is 13.4. The predicted molar refractivity (Wildman–Crippen MR) is 159 cm³/mol. The number of ether oxygens (including phenoxy) is 1. The molecular weight excluding hydrogens is 530 g/mol. The van der Waals surface area contributed by atoms with Gasteiger partial charge in [0.15, 0.2) is 5.76 Å². The molecule has 216 valence electrons. The zero-order valence-corrected chi connectivity index (χ0v) is 23.7. The number of cyclic esters (lactones) is 1. The zero-order valence-electron chi connectivity index (χ0n) is 23.7. The highest BCUT2D eigenvalue weighted by Gasteiger charge is 2.44. The van der Waals surface area contributed by atoms with Crippen molar-refractivity contribution in [3.8, 4) is 11.1 Å².